The van der Waals surface area contributed by atoms with Crippen LogP contribution in [0.4, 0.5) is 0 Å². The lowest BCUT2D eigenvalue weighted by Crippen LogP contribution is -2.51. The normalized spacial score (nSPS) is 42.8. The summed E-state index contributed by atoms with van der Waals surface area (Å²) >= 11 is 0. The van der Waals surface area contributed by atoms with Gasteiger partial charge in [-0.15, -0.1) is 12.4 Å². The molecule has 4 unspecified atom stereocenters. The van der Waals surface area contributed by atoms with Crippen molar-refractivity contribution in [3.63, 3.8) is 0 Å². The summed E-state index contributed by atoms with van der Waals surface area (Å²) in [6.07, 6.45) is 7.92. The third-order valence-corrected chi connectivity index (χ3v) is 5.62. The molecule has 3 aliphatic rings. The van der Waals surface area contributed by atoms with Crippen LogP contribution in [0.25, 0.3) is 0 Å². The summed E-state index contributed by atoms with van der Waals surface area (Å²) in [7, 11) is 0. The number of nitrogens with two attached hydrogens (primary N) is 1. The van der Waals surface area contributed by atoms with Gasteiger partial charge in [0.25, 0.3) is 0 Å². The van der Waals surface area contributed by atoms with Crippen LogP contribution >= 0.6 is 12.4 Å². The van der Waals surface area contributed by atoms with Crippen LogP contribution in [0.5, 0.6) is 0 Å². The number of fused-ring (bicyclic) bond motifs is 2. The first kappa shape index (κ1) is 17.0. The number of halogens is 1. The molecule has 0 aromatic rings. The van der Waals surface area contributed by atoms with E-state index in [1.807, 2.05) is 0 Å². The molecule has 3 N–H and O–H groups in total. The van der Waals surface area contributed by atoms with Crippen molar-refractivity contribution in [1.82, 2.24) is 5.32 Å². The highest BCUT2D eigenvalue weighted by atomic mass is 35.5. The number of carbonyl (C=O) groups is 1. The molecular weight excluding hydrogens is 288 g/mol. The molecule has 1 aliphatic heterocycles. The molecule has 1 saturated heterocycles. The number of hydrogen-bond acceptors (Lipinski definition) is 3. The van der Waals surface area contributed by atoms with Gasteiger partial charge in [0.05, 0.1) is 6.10 Å². The van der Waals surface area contributed by atoms with Gasteiger partial charge in [-0.2, -0.15) is 0 Å². The Kier molecular flexibility index (Phi) is 5.92. The van der Waals surface area contributed by atoms with E-state index in [2.05, 4.69) is 12.2 Å². The van der Waals surface area contributed by atoms with E-state index in [4.69, 9.17) is 10.5 Å². The number of nitrogens with one attached hydrogen (secondary N) is 1. The summed E-state index contributed by atoms with van der Waals surface area (Å²) in [5.41, 5.74) is 6.30. The molecule has 2 saturated carbocycles. The Morgan fingerprint density at radius 1 is 1.14 bits per heavy atom. The van der Waals surface area contributed by atoms with E-state index in [-0.39, 0.29) is 30.3 Å². The molecule has 0 radical (unpaired) electrons. The fourth-order valence-corrected chi connectivity index (χ4v) is 4.45. The number of rotatable bonds is 2. The Labute approximate surface area is 134 Å². The average Bonchev–Trinajstić information content (AvgIpc) is 2.38. The van der Waals surface area contributed by atoms with Crippen LogP contribution in [0.15, 0.2) is 0 Å². The van der Waals surface area contributed by atoms with Crippen LogP contribution in [0.2, 0.25) is 0 Å². The smallest absolute Gasteiger partial charge is 0.223 e. The Bertz CT molecular complexity index is 352. The lowest BCUT2D eigenvalue weighted by Gasteiger charge is -2.44. The van der Waals surface area contributed by atoms with E-state index in [0.717, 1.165) is 32.3 Å². The van der Waals surface area contributed by atoms with Gasteiger partial charge in [-0.3, -0.25) is 4.79 Å². The van der Waals surface area contributed by atoms with Gasteiger partial charge in [-0.05, 0) is 57.3 Å². The maximum Gasteiger partial charge on any atom is 0.223 e. The van der Waals surface area contributed by atoms with E-state index in [1.165, 1.54) is 19.3 Å². The fraction of sp³-hybridized carbons (Fsp3) is 0.938. The molecule has 0 aromatic carbocycles. The molecule has 122 valence electrons. The van der Waals surface area contributed by atoms with Crippen molar-refractivity contribution in [1.29, 1.82) is 0 Å². The highest BCUT2D eigenvalue weighted by Crippen LogP contribution is 2.41. The van der Waals surface area contributed by atoms with E-state index in [1.54, 1.807) is 0 Å². The molecule has 2 bridgehead atoms. The van der Waals surface area contributed by atoms with Gasteiger partial charge >= 0.3 is 0 Å². The van der Waals surface area contributed by atoms with Crippen LogP contribution in [-0.4, -0.2) is 30.7 Å². The van der Waals surface area contributed by atoms with Crippen molar-refractivity contribution in [2.45, 2.75) is 70.1 Å². The van der Waals surface area contributed by atoms with Crippen LogP contribution in [-0.2, 0) is 9.53 Å². The van der Waals surface area contributed by atoms with E-state index >= 15 is 0 Å². The molecule has 3 rings (SSSR count). The molecule has 21 heavy (non-hydrogen) atoms. The summed E-state index contributed by atoms with van der Waals surface area (Å²) in [5, 5.41) is 3.26. The zero-order valence-corrected chi connectivity index (χ0v) is 13.7. The second-order valence-corrected chi connectivity index (χ2v) is 7.11. The lowest BCUT2D eigenvalue weighted by molar-refractivity contribution is -0.129. The van der Waals surface area contributed by atoms with Crippen molar-refractivity contribution < 1.29 is 9.53 Å². The summed E-state index contributed by atoms with van der Waals surface area (Å²) in [5.74, 6) is 1.62. The van der Waals surface area contributed by atoms with E-state index in [0.29, 0.717) is 23.9 Å². The molecule has 4 nitrogen and oxygen atoms in total. The molecule has 1 amide bonds. The van der Waals surface area contributed by atoms with Crippen LogP contribution in [0, 0.1) is 17.8 Å². The largest absolute Gasteiger partial charge is 0.378 e. The summed E-state index contributed by atoms with van der Waals surface area (Å²) < 4.78 is 5.54. The van der Waals surface area contributed by atoms with Crippen molar-refractivity contribution in [2.24, 2.45) is 23.5 Å². The molecule has 5 heteroatoms. The van der Waals surface area contributed by atoms with Crippen LogP contribution in [0.3, 0.4) is 0 Å². The standard InChI is InChI=1S/C16H28N2O2.ClH/c1-10-7-14(5-6-20-10)18-16(19)13-8-11-3-2-4-12(9-13)15(11)17;/h10-15H,2-9,17H2,1H3,(H,18,19);1H. The number of carbonyl (C=O) groups excluding carboxylic acids is 1. The predicted molar refractivity (Wildman–Crippen MR) is 85.4 cm³/mol. The Hall–Kier alpha value is -0.320. The van der Waals surface area contributed by atoms with Crippen LogP contribution in [0.1, 0.15) is 51.9 Å². The summed E-state index contributed by atoms with van der Waals surface area (Å²) in [4.78, 5) is 12.5. The van der Waals surface area contributed by atoms with Crippen molar-refractivity contribution in [3.8, 4) is 0 Å². The van der Waals surface area contributed by atoms with Gasteiger partial charge < -0.3 is 15.8 Å². The second kappa shape index (κ2) is 7.30. The molecular formula is C16H29ClN2O2. The molecule has 1 heterocycles. The van der Waals surface area contributed by atoms with Crippen LogP contribution < -0.4 is 11.1 Å². The summed E-state index contributed by atoms with van der Waals surface area (Å²) in [6, 6.07) is 0.651. The van der Waals surface area contributed by atoms with Gasteiger partial charge in [-0.25, -0.2) is 0 Å². The highest BCUT2D eigenvalue weighted by Gasteiger charge is 2.40. The quantitative estimate of drug-likeness (QED) is 0.821. The van der Waals surface area contributed by atoms with Crippen molar-refractivity contribution in [3.05, 3.63) is 0 Å². The zero-order valence-electron chi connectivity index (χ0n) is 12.9. The first-order valence-electron chi connectivity index (χ1n) is 8.31. The zero-order chi connectivity index (χ0) is 14.1. The Morgan fingerprint density at radius 2 is 1.81 bits per heavy atom. The highest BCUT2D eigenvalue weighted by molar-refractivity contribution is 5.85. The molecule has 2 aliphatic carbocycles. The average molecular weight is 317 g/mol. The first-order valence-corrected chi connectivity index (χ1v) is 8.31. The van der Waals surface area contributed by atoms with Crippen molar-refractivity contribution in [2.75, 3.05) is 6.61 Å². The van der Waals surface area contributed by atoms with Gasteiger partial charge in [-0.1, -0.05) is 6.42 Å². The van der Waals surface area contributed by atoms with Gasteiger partial charge in [0.15, 0.2) is 0 Å². The fourth-order valence-electron chi connectivity index (χ4n) is 4.45. The monoisotopic (exact) mass is 316 g/mol. The molecule has 3 fully saturated rings. The summed E-state index contributed by atoms with van der Waals surface area (Å²) in [6.45, 7) is 2.86. The second-order valence-electron chi connectivity index (χ2n) is 7.11. The maximum atomic E-state index is 12.5. The SMILES string of the molecule is CC1CC(NC(=O)C2CC3CCCC(C2)C3N)CCO1.Cl. The molecule has 0 spiro atoms. The third-order valence-electron chi connectivity index (χ3n) is 5.62. The van der Waals surface area contributed by atoms with Gasteiger partial charge in [0.2, 0.25) is 5.91 Å². The Balaban J connectivity index is 0.00000161. The maximum absolute atomic E-state index is 12.5. The van der Waals surface area contributed by atoms with Gasteiger partial charge in [0, 0.05) is 24.6 Å². The van der Waals surface area contributed by atoms with Gasteiger partial charge in [0.1, 0.15) is 0 Å². The minimum atomic E-state index is 0. The van der Waals surface area contributed by atoms with E-state index < -0.39 is 0 Å². The number of hydrogen-bond donors (Lipinski definition) is 2. The third kappa shape index (κ3) is 3.91. The topological polar surface area (TPSA) is 64.4 Å². The minimum absolute atomic E-state index is 0. The number of ether oxygens (including phenoxy) is 1. The molecule has 0 aromatic heterocycles. The minimum Gasteiger partial charge on any atom is -0.378 e. The van der Waals surface area contributed by atoms with Crippen molar-refractivity contribution >= 4 is 18.3 Å². The Morgan fingerprint density at radius 3 is 2.43 bits per heavy atom. The number of amides is 1. The first-order chi connectivity index (χ1) is 9.63. The predicted octanol–water partition coefficient (Wildman–Crippen LogP) is 2.25. The molecule has 4 atom stereocenters. The van der Waals surface area contributed by atoms with E-state index in [9.17, 15) is 4.79 Å². The lowest BCUT2D eigenvalue weighted by atomic mass is 9.65.